The van der Waals surface area contributed by atoms with Crippen LogP contribution in [0.5, 0.6) is 11.5 Å². The van der Waals surface area contributed by atoms with Crippen LogP contribution >= 0.6 is 11.6 Å². The van der Waals surface area contributed by atoms with Gasteiger partial charge < -0.3 is 19.2 Å². The van der Waals surface area contributed by atoms with Crippen LogP contribution in [0, 0.1) is 0 Å². The maximum atomic E-state index is 12.5. The number of carbonyl (C=O) groups is 1. The minimum absolute atomic E-state index is 0.175. The molecule has 0 fully saturated rings. The molecule has 7 nitrogen and oxygen atoms in total. The maximum absolute atomic E-state index is 12.5. The van der Waals surface area contributed by atoms with E-state index in [1.54, 1.807) is 60.5 Å². The highest BCUT2D eigenvalue weighted by molar-refractivity contribution is 6.31. The zero-order chi connectivity index (χ0) is 21.6. The van der Waals surface area contributed by atoms with Gasteiger partial charge in [-0.3, -0.25) is 9.48 Å². The molecule has 0 radical (unpaired) electrons. The Hall–Kier alpha value is -3.71. The van der Waals surface area contributed by atoms with Crippen molar-refractivity contribution in [2.45, 2.75) is 13.2 Å². The maximum Gasteiger partial charge on any atom is 0.292 e. The van der Waals surface area contributed by atoms with Crippen molar-refractivity contribution in [2.24, 2.45) is 0 Å². The number of rotatable bonds is 8. The zero-order valence-corrected chi connectivity index (χ0v) is 17.5. The van der Waals surface area contributed by atoms with Crippen molar-refractivity contribution in [1.29, 1.82) is 0 Å². The highest BCUT2D eigenvalue weighted by Gasteiger charge is 2.13. The molecule has 0 unspecified atom stereocenters. The molecule has 0 bridgehead atoms. The second kappa shape index (κ2) is 9.40. The summed E-state index contributed by atoms with van der Waals surface area (Å²) < 4.78 is 18.1. The highest BCUT2D eigenvalue weighted by Crippen LogP contribution is 2.20. The van der Waals surface area contributed by atoms with Crippen molar-refractivity contribution in [3.05, 3.63) is 95.0 Å². The molecule has 0 saturated heterocycles. The third-order valence-corrected chi connectivity index (χ3v) is 4.87. The second-order valence-electron chi connectivity index (χ2n) is 6.67. The summed E-state index contributed by atoms with van der Waals surface area (Å²) in [6.45, 7) is 0.704. The average Bonchev–Trinajstić information content (AvgIpc) is 3.44. The number of methoxy groups -OCH3 is 1. The lowest BCUT2D eigenvalue weighted by atomic mass is 10.2. The van der Waals surface area contributed by atoms with Gasteiger partial charge in [0, 0.05) is 17.3 Å². The van der Waals surface area contributed by atoms with Crippen molar-refractivity contribution >= 4 is 23.3 Å². The number of hydrogen-bond acceptors (Lipinski definition) is 5. The van der Waals surface area contributed by atoms with Crippen LogP contribution in [-0.4, -0.2) is 22.8 Å². The van der Waals surface area contributed by atoms with Gasteiger partial charge in [-0.2, -0.15) is 5.10 Å². The molecule has 8 heteroatoms. The van der Waals surface area contributed by atoms with Gasteiger partial charge in [0.25, 0.3) is 5.91 Å². The van der Waals surface area contributed by atoms with Crippen LogP contribution in [-0.2, 0) is 13.2 Å². The third-order valence-electron chi connectivity index (χ3n) is 4.50. The Morgan fingerprint density at radius 2 is 1.84 bits per heavy atom. The van der Waals surface area contributed by atoms with Gasteiger partial charge in [-0.25, -0.2) is 0 Å². The molecule has 4 aromatic rings. The van der Waals surface area contributed by atoms with Gasteiger partial charge in [0.1, 0.15) is 23.9 Å². The number of ether oxygens (including phenoxy) is 2. The topological polar surface area (TPSA) is 78.5 Å². The van der Waals surface area contributed by atoms with Gasteiger partial charge in [-0.15, -0.1) is 0 Å². The van der Waals surface area contributed by atoms with E-state index in [1.165, 1.54) is 0 Å². The molecule has 0 aliphatic carbocycles. The van der Waals surface area contributed by atoms with E-state index in [0.717, 1.165) is 11.3 Å². The number of hydrogen-bond donors (Lipinski definition) is 1. The molecule has 158 valence electrons. The predicted molar refractivity (Wildman–Crippen MR) is 117 cm³/mol. The molecule has 0 spiro atoms. The smallest absolute Gasteiger partial charge is 0.292 e. The fourth-order valence-electron chi connectivity index (χ4n) is 2.90. The lowest BCUT2D eigenvalue weighted by Gasteiger charge is -2.05. The molecule has 2 aromatic heterocycles. The number of benzene rings is 2. The molecule has 2 aromatic carbocycles. The van der Waals surface area contributed by atoms with Crippen molar-refractivity contribution in [3.8, 4) is 11.5 Å². The molecule has 0 saturated carbocycles. The molecule has 4 rings (SSSR count). The average molecular weight is 438 g/mol. The van der Waals surface area contributed by atoms with Crippen LogP contribution in [0.3, 0.4) is 0 Å². The van der Waals surface area contributed by atoms with Gasteiger partial charge in [0.15, 0.2) is 11.6 Å². The lowest BCUT2D eigenvalue weighted by molar-refractivity contribution is 0.0992. The monoisotopic (exact) mass is 437 g/mol. The Morgan fingerprint density at radius 3 is 2.61 bits per heavy atom. The Labute approximate surface area is 184 Å². The van der Waals surface area contributed by atoms with Gasteiger partial charge in [0.05, 0.1) is 13.7 Å². The second-order valence-corrected chi connectivity index (χ2v) is 7.08. The van der Waals surface area contributed by atoms with E-state index in [0.29, 0.717) is 28.9 Å². The summed E-state index contributed by atoms with van der Waals surface area (Å²) in [6, 6.07) is 19.8. The van der Waals surface area contributed by atoms with E-state index < -0.39 is 5.91 Å². The van der Waals surface area contributed by atoms with Crippen LogP contribution in [0.1, 0.15) is 21.9 Å². The van der Waals surface area contributed by atoms with Crippen LogP contribution in [0.15, 0.2) is 77.3 Å². The number of furan rings is 1. The molecular formula is C23H20ClN3O4. The Morgan fingerprint density at radius 1 is 1.06 bits per heavy atom. The van der Waals surface area contributed by atoms with Crippen LogP contribution < -0.4 is 14.8 Å². The summed E-state index contributed by atoms with van der Waals surface area (Å²) in [7, 11) is 1.61. The largest absolute Gasteiger partial charge is 0.497 e. The van der Waals surface area contributed by atoms with Gasteiger partial charge in [-0.05, 0) is 48.0 Å². The molecule has 1 N–H and O–H groups in total. The first-order valence-electron chi connectivity index (χ1n) is 9.54. The molecule has 1 amide bonds. The predicted octanol–water partition coefficient (Wildman–Crippen LogP) is 5.02. The zero-order valence-electron chi connectivity index (χ0n) is 16.7. The molecule has 2 heterocycles. The van der Waals surface area contributed by atoms with Crippen molar-refractivity contribution in [2.75, 3.05) is 12.4 Å². The van der Waals surface area contributed by atoms with E-state index in [9.17, 15) is 4.79 Å². The number of nitrogens with zero attached hydrogens (tertiary/aromatic N) is 2. The van der Waals surface area contributed by atoms with Gasteiger partial charge in [-0.1, -0.05) is 29.8 Å². The fraction of sp³-hybridized carbons (Fsp3) is 0.130. The molecule has 0 aliphatic heterocycles. The minimum Gasteiger partial charge on any atom is -0.497 e. The summed E-state index contributed by atoms with van der Waals surface area (Å²) in [4.78, 5) is 12.5. The fourth-order valence-corrected chi connectivity index (χ4v) is 3.09. The normalized spacial score (nSPS) is 10.6. The molecule has 0 aliphatic rings. The van der Waals surface area contributed by atoms with Crippen LogP contribution in [0.25, 0.3) is 0 Å². The number of aromatic nitrogens is 2. The van der Waals surface area contributed by atoms with E-state index in [1.807, 2.05) is 24.3 Å². The Bertz CT molecular complexity index is 1170. The molecule has 0 atom stereocenters. The number of carbonyl (C=O) groups excluding carboxylic acids is 1. The van der Waals surface area contributed by atoms with Crippen molar-refractivity contribution < 1.29 is 18.7 Å². The van der Waals surface area contributed by atoms with E-state index in [2.05, 4.69) is 10.4 Å². The quantitative estimate of drug-likeness (QED) is 0.419. The lowest BCUT2D eigenvalue weighted by Crippen LogP contribution is -2.12. The summed E-state index contributed by atoms with van der Waals surface area (Å²) >= 11 is 6.19. The van der Waals surface area contributed by atoms with Gasteiger partial charge >= 0.3 is 0 Å². The Kier molecular flexibility index (Phi) is 6.24. The van der Waals surface area contributed by atoms with Crippen LogP contribution in [0.4, 0.5) is 5.82 Å². The first kappa shape index (κ1) is 20.6. The summed E-state index contributed by atoms with van der Waals surface area (Å²) in [6.07, 6.45) is 1.77. The first-order chi connectivity index (χ1) is 15.1. The summed E-state index contributed by atoms with van der Waals surface area (Å²) in [5, 5.41) is 7.75. The summed E-state index contributed by atoms with van der Waals surface area (Å²) in [5.41, 5.74) is 0.942. The number of nitrogens with one attached hydrogen (secondary N) is 1. The van der Waals surface area contributed by atoms with Crippen LogP contribution in [0.2, 0.25) is 5.02 Å². The van der Waals surface area contributed by atoms with Crippen molar-refractivity contribution in [3.63, 3.8) is 0 Å². The number of anilines is 1. The van der Waals surface area contributed by atoms with Gasteiger partial charge in [0.2, 0.25) is 0 Å². The summed E-state index contributed by atoms with van der Waals surface area (Å²) in [5.74, 6) is 2.16. The number of amides is 1. The SMILES string of the molecule is COc1ccc(OCc2ccc(C(=O)Nc3ccn(Cc4ccccc4Cl)n3)o2)cc1. The Balaban J connectivity index is 1.32. The standard InChI is InChI=1S/C23H20ClN3O4/c1-29-17-6-8-18(9-7-17)30-15-19-10-11-21(31-19)23(28)25-22-12-13-27(26-22)14-16-4-2-3-5-20(16)24/h2-13H,14-15H2,1H3,(H,25,26,28). The molecule has 31 heavy (non-hydrogen) atoms. The van der Waals surface area contributed by atoms with Crippen molar-refractivity contribution in [1.82, 2.24) is 9.78 Å². The van der Waals surface area contributed by atoms with E-state index in [-0.39, 0.29) is 12.4 Å². The molecular weight excluding hydrogens is 418 g/mol. The minimum atomic E-state index is -0.390. The third kappa shape index (κ3) is 5.26. The van der Waals surface area contributed by atoms with E-state index in [4.69, 9.17) is 25.5 Å². The van der Waals surface area contributed by atoms with E-state index >= 15 is 0 Å². The first-order valence-corrected chi connectivity index (χ1v) is 9.92. The number of halogens is 1. The highest BCUT2D eigenvalue weighted by atomic mass is 35.5.